The SMILES string of the molecule is CC(C)Cn1ccnc1CNC(=O)N(CCO)C1CC1. The van der Waals surface area contributed by atoms with E-state index in [1.54, 1.807) is 11.1 Å². The average molecular weight is 280 g/mol. The van der Waals surface area contributed by atoms with E-state index in [-0.39, 0.29) is 12.6 Å². The maximum Gasteiger partial charge on any atom is 0.318 e. The van der Waals surface area contributed by atoms with Crippen molar-refractivity contribution in [3.05, 3.63) is 18.2 Å². The van der Waals surface area contributed by atoms with Gasteiger partial charge < -0.3 is 19.9 Å². The van der Waals surface area contributed by atoms with Crippen LogP contribution in [0.3, 0.4) is 0 Å². The third-order valence-corrected chi connectivity index (χ3v) is 3.35. The zero-order valence-corrected chi connectivity index (χ0v) is 12.2. The van der Waals surface area contributed by atoms with Crippen molar-refractivity contribution in [1.29, 1.82) is 0 Å². The fourth-order valence-electron chi connectivity index (χ4n) is 2.27. The van der Waals surface area contributed by atoms with Crippen LogP contribution in [0.5, 0.6) is 0 Å². The predicted molar refractivity (Wildman–Crippen MR) is 76.1 cm³/mol. The van der Waals surface area contributed by atoms with Crippen molar-refractivity contribution in [2.75, 3.05) is 13.2 Å². The van der Waals surface area contributed by atoms with Gasteiger partial charge in [-0.05, 0) is 18.8 Å². The summed E-state index contributed by atoms with van der Waals surface area (Å²) < 4.78 is 2.07. The number of nitrogens with zero attached hydrogens (tertiary/aromatic N) is 3. The van der Waals surface area contributed by atoms with Crippen LogP contribution in [0.2, 0.25) is 0 Å². The van der Waals surface area contributed by atoms with Crippen molar-refractivity contribution in [1.82, 2.24) is 19.8 Å². The topological polar surface area (TPSA) is 70.4 Å². The molecule has 6 nitrogen and oxygen atoms in total. The Bertz CT molecular complexity index is 440. The van der Waals surface area contributed by atoms with E-state index in [9.17, 15) is 4.79 Å². The quantitative estimate of drug-likeness (QED) is 0.788. The van der Waals surface area contributed by atoms with Gasteiger partial charge in [0.25, 0.3) is 0 Å². The Hall–Kier alpha value is -1.56. The van der Waals surface area contributed by atoms with Crippen LogP contribution in [-0.4, -0.2) is 44.8 Å². The monoisotopic (exact) mass is 280 g/mol. The molecule has 1 aromatic heterocycles. The van der Waals surface area contributed by atoms with E-state index in [2.05, 4.69) is 28.7 Å². The molecule has 112 valence electrons. The molecule has 0 aromatic carbocycles. The second kappa shape index (κ2) is 6.74. The number of nitrogens with one attached hydrogen (secondary N) is 1. The van der Waals surface area contributed by atoms with Crippen molar-refractivity contribution in [3.8, 4) is 0 Å². The van der Waals surface area contributed by atoms with Gasteiger partial charge >= 0.3 is 6.03 Å². The van der Waals surface area contributed by atoms with E-state index in [0.717, 1.165) is 25.2 Å². The highest BCUT2D eigenvalue weighted by atomic mass is 16.3. The molecule has 2 amide bonds. The van der Waals surface area contributed by atoms with E-state index in [4.69, 9.17) is 5.11 Å². The van der Waals surface area contributed by atoms with Gasteiger partial charge in [-0.2, -0.15) is 0 Å². The molecule has 1 fully saturated rings. The van der Waals surface area contributed by atoms with Crippen molar-refractivity contribution >= 4 is 6.03 Å². The third kappa shape index (κ3) is 3.96. The van der Waals surface area contributed by atoms with Gasteiger partial charge in [0, 0.05) is 31.5 Å². The summed E-state index contributed by atoms with van der Waals surface area (Å²) in [5.41, 5.74) is 0. The van der Waals surface area contributed by atoms with Crippen LogP contribution in [0.4, 0.5) is 4.79 Å². The van der Waals surface area contributed by atoms with Crippen LogP contribution in [-0.2, 0) is 13.1 Å². The molecule has 2 N–H and O–H groups in total. The molecular weight excluding hydrogens is 256 g/mol. The number of aromatic nitrogens is 2. The molecule has 0 unspecified atom stereocenters. The van der Waals surface area contributed by atoms with Gasteiger partial charge in [-0.25, -0.2) is 9.78 Å². The van der Waals surface area contributed by atoms with Crippen LogP contribution >= 0.6 is 0 Å². The van der Waals surface area contributed by atoms with Crippen LogP contribution < -0.4 is 5.32 Å². The Balaban J connectivity index is 1.87. The average Bonchev–Trinajstić information content (AvgIpc) is 3.14. The number of rotatable bonds is 7. The molecule has 0 bridgehead atoms. The zero-order valence-electron chi connectivity index (χ0n) is 12.2. The molecule has 0 saturated heterocycles. The summed E-state index contributed by atoms with van der Waals surface area (Å²) in [6.45, 7) is 6.03. The van der Waals surface area contributed by atoms with Crippen LogP contribution in [0, 0.1) is 5.92 Å². The van der Waals surface area contributed by atoms with Crippen LogP contribution in [0.1, 0.15) is 32.5 Å². The van der Waals surface area contributed by atoms with Crippen molar-refractivity contribution < 1.29 is 9.90 Å². The van der Waals surface area contributed by atoms with Gasteiger partial charge in [-0.15, -0.1) is 0 Å². The van der Waals surface area contributed by atoms with E-state index in [1.807, 2.05) is 6.20 Å². The first-order chi connectivity index (χ1) is 9.61. The zero-order chi connectivity index (χ0) is 14.5. The van der Waals surface area contributed by atoms with E-state index < -0.39 is 0 Å². The number of hydrogen-bond donors (Lipinski definition) is 2. The first-order valence-electron chi connectivity index (χ1n) is 7.27. The van der Waals surface area contributed by atoms with Gasteiger partial charge in [0.15, 0.2) is 0 Å². The van der Waals surface area contributed by atoms with E-state index in [0.29, 0.717) is 25.0 Å². The lowest BCUT2D eigenvalue weighted by atomic mass is 10.2. The summed E-state index contributed by atoms with van der Waals surface area (Å²) >= 11 is 0. The molecule has 1 aliphatic carbocycles. The van der Waals surface area contributed by atoms with Crippen LogP contribution in [0.15, 0.2) is 12.4 Å². The molecular formula is C14H24N4O2. The van der Waals surface area contributed by atoms with Gasteiger partial charge in [0.2, 0.25) is 0 Å². The molecule has 1 aromatic rings. The molecule has 1 heterocycles. The van der Waals surface area contributed by atoms with Gasteiger partial charge in [-0.3, -0.25) is 0 Å². The molecule has 0 radical (unpaired) electrons. The number of carbonyl (C=O) groups excluding carboxylic acids is 1. The Kier molecular flexibility index (Phi) is 5.00. The molecule has 2 rings (SSSR count). The molecule has 6 heteroatoms. The highest BCUT2D eigenvalue weighted by molar-refractivity contribution is 5.74. The Morgan fingerprint density at radius 3 is 2.95 bits per heavy atom. The van der Waals surface area contributed by atoms with Crippen molar-refractivity contribution in [2.45, 2.75) is 45.8 Å². The summed E-state index contributed by atoms with van der Waals surface area (Å²) in [4.78, 5) is 18.1. The summed E-state index contributed by atoms with van der Waals surface area (Å²) in [5.74, 6) is 1.41. The van der Waals surface area contributed by atoms with E-state index in [1.165, 1.54) is 0 Å². The summed E-state index contributed by atoms with van der Waals surface area (Å²) in [6.07, 6.45) is 5.77. The number of carbonyl (C=O) groups is 1. The lowest BCUT2D eigenvalue weighted by Crippen LogP contribution is -2.42. The maximum atomic E-state index is 12.1. The van der Waals surface area contributed by atoms with Crippen molar-refractivity contribution in [2.24, 2.45) is 5.92 Å². The van der Waals surface area contributed by atoms with Crippen LogP contribution in [0.25, 0.3) is 0 Å². The molecule has 0 spiro atoms. The second-order valence-electron chi connectivity index (χ2n) is 5.70. The van der Waals surface area contributed by atoms with Gasteiger partial charge in [0.05, 0.1) is 13.2 Å². The predicted octanol–water partition coefficient (Wildman–Crippen LogP) is 1.21. The van der Waals surface area contributed by atoms with Gasteiger partial charge in [0.1, 0.15) is 5.82 Å². The first kappa shape index (κ1) is 14.8. The Morgan fingerprint density at radius 2 is 2.35 bits per heavy atom. The normalized spacial score (nSPS) is 14.6. The second-order valence-corrected chi connectivity index (χ2v) is 5.70. The fourth-order valence-corrected chi connectivity index (χ4v) is 2.27. The summed E-state index contributed by atoms with van der Waals surface area (Å²) in [6, 6.07) is 0.193. The minimum absolute atomic E-state index is 0.00585. The van der Waals surface area contributed by atoms with Crippen molar-refractivity contribution in [3.63, 3.8) is 0 Å². The molecule has 0 aliphatic heterocycles. The number of hydrogen-bond acceptors (Lipinski definition) is 3. The minimum Gasteiger partial charge on any atom is -0.395 e. The Labute approximate surface area is 119 Å². The third-order valence-electron chi connectivity index (χ3n) is 3.35. The number of amides is 2. The number of imidazole rings is 1. The molecule has 1 aliphatic rings. The first-order valence-corrected chi connectivity index (χ1v) is 7.27. The van der Waals surface area contributed by atoms with Gasteiger partial charge in [-0.1, -0.05) is 13.8 Å². The van der Waals surface area contributed by atoms with E-state index >= 15 is 0 Å². The molecule has 1 saturated carbocycles. The summed E-state index contributed by atoms with van der Waals surface area (Å²) in [5, 5.41) is 11.9. The number of urea groups is 1. The lowest BCUT2D eigenvalue weighted by Gasteiger charge is -2.21. The molecule has 0 atom stereocenters. The fraction of sp³-hybridized carbons (Fsp3) is 0.714. The number of aliphatic hydroxyl groups excluding tert-OH is 1. The summed E-state index contributed by atoms with van der Waals surface area (Å²) in [7, 11) is 0. The standard InChI is InChI=1S/C14H24N4O2/c1-11(2)10-17-6-5-15-13(17)9-16-14(20)18(7-8-19)12-3-4-12/h5-6,11-12,19H,3-4,7-10H2,1-2H3,(H,16,20). The highest BCUT2D eigenvalue weighted by Crippen LogP contribution is 2.26. The Morgan fingerprint density at radius 1 is 1.60 bits per heavy atom. The number of aliphatic hydroxyl groups is 1. The smallest absolute Gasteiger partial charge is 0.318 e. The molecule has 20 heavy (non-hydrogen) atoms. The highest BCUT2D eigenvalue weighted by Gasteiger charge is 2.32. The minimum atomic E-state index is -0.111. The largest absolute Gasteiger partial charge is 0.395 e. The maximum absolute atomic E-state index is 12.1. The lowest BCUT2D eigenvalue weighted by molar-refractivity contribution is 0.173.